The maximum Gasteiger partial charge on any atom is 0.329 e. The molecular formula is C33H38ClN3O3. The summed E-state index contributed by atoms with van der Waals surface area (Å²) < 4.78 is 6.30. The molecule has 6 rings (SSSR count). The summed E-state index contributed by atoms with van der Waals surface area (Å²) in [5, 5.41) is 14.3. The molecule has 2 unspecified atom stereocenters. The predicted molar refractivity (Wildman–Crippen MR) is 157 cm³/mol. The van der Waals surface area contributed by atoms with Crippen LogP contribution in [0.25, 0.3) is 0 Å². The number of halogens is 1. The first-order valence-electron chi connectivity index (χ1n) is 14.7. The monoisotopic (exact) mass is 559 g/mol. The highest BCUT2D eigenvalue weighted by Crippen LogP contribution is 2.55. The van der Waals surface area contributed by atoms with Gasteiger partial charge in [-0.1, -0.05) is 48.9 Å². The summed E-state index contributed by atoms with van der Waals surface area (Å²) in [7, 11) is 0. The third-order valence-corrected chi connectivity index (χ3v) is 9.99. The summed E-state index contributed by atoms with van der Waals surface area (Å²) in [4.78, 5) is 21.9. The van der Waals surface area contributed by atoms with Crippen LogP contribution in [-0.4, -0.2) is 33.2 Å². The van der Waals surface area contributed by atoms with Gasteiger partial charge in [0.05, 0.1) is 12.3 Å². The normalized spacial score (nSPS) is 26.9. The molecule has 2 aromatic carbocycles. The number of carboxylic acids is 1. The number of hydrogen-bond donors (Lipinski definition) is 2. The number of aromatic nitrogens is 2. The number of aryl methyl sites for hydroxylation is 2. The van der Waals surface area contributed by atoms with Gasteiger partial charge in [0, 0.05) is 16.3 Å². The number of rotatable bonds is 8. The van der Waals surface area contributed by atoms with Crippen molar-refractivity contribution in [3.8, 4) is 5.88 Å². The van der Waals surface area contributed by atoms with Crippen molar-refractivity contribution in [3.63, 3.8) is 0 Å². The Bertz CT molecular complexity index is 1420. The number of ether oxygens (including phenoxy) is 1. The minimum Gasteiger partial charge on any atom is -0.480 e. The third-order valence-electron chi connectivity index (χ3n) is 9.76. The van der Waals surface area contributed by atoms with E-state index in [4.69, 9.17) is 16.3 Å². The fourth-order valence-corrected chi connectivity index (χ4v) is 7.87. The zero-order chi connectivity index (χ0) is 27.9. The Labute approximate surface area is 241 Å². The van der Waals surface area contributed by atoms with Gasteiger partial charge in [0.15, 0.2) is 0 Å². The van der Waals surface area contributed by atoms with E-state index >= 15 is 0 Å². The molecule has 0 bridgehead atoms. The molecule has 0 saturated heterocycles. The number of anilines is 1. The number of benzene rings is 2. The molecule has 3 aromatic rings. The molecule has 2 N–H and O–H groups in total. The number of nitrogens with zero attached hydrogens (tertiary/aromatic N) is 2. The molecule has 1 spiro atoms. The van der Waals surface area contributed by atoms with Crippen molar-refractivity contribution in [1.82, 2.24) is 9.97 Å². The number of hydrogen-bond acceptors (Lipinski definition) is 5. The van der Waals surface area contributed by atoms with E-state index < -0.39 is 11.5 Å². The van der Waals surface area contributed by atoms with E-state index in [2.05, 4.69) is 46.5 Å². The minimum absolute atomic E-state index is 0.00712. The van der Waals surface area contributed by atoms with Crippen LogP contribution in [0.2, 0.25) is 5.02 Å². The van der Waals surface area contributed by atoms with Gasteiger partial charge in [-0.05, 0) is 111 Å². The summed E-state index contributed by atoms with van der Waals surface area (Å²) in [6, 6.07) is 16.1. The van der Waals surface area contributed by atoms with Crippen molar-refractivity contribution in [2.45, 2.75) is 88.5 Å². The first kappa shape index (κ1) is 27.1. The molecule has 1 aromatic heterocycles. The van der Waals surface area contributed by atoms with E-state index in [0.717, 1.165) is 68.0 Å². The molecule has 0 amide bonds. The second-order valence-corrected chi connectivity index (χ2v) is 12.5. The van der Waals surface area contributed by atoms with Crippen LogP contribution in [0.3, 0.4) is 0 Å². The molecule has 1 fully saturated rings. The maximum atomic E-state index is 12.6. The first-order valence-corrected chi connectivity index (χ1v) is 15.0. The van der Waals surface area contributed by atoms with Gasteiger partial charge in [-0.25, -0.2) is 9.78 Å². The molecule has 210 valence electrons. The molecule has 6 nitrogen and oxygen atoms in total. The van der Waals surface area contributed by atoms with Gasteiger partial charge >= 0.3 is 5.97 Å². The lowest BCUT2D eigenvalue weighted by molar-refractivity contribution is -0.144. The summed E-state index contributed by atoms with van der Waals surface area (Å²) in [5.74, 6) is 1.66. The number of aliphatic carboxylic acids is 1. The number of nitrogens with one attached hydrogen (secondary N) is 1. The van der Waals surface area contributed by atoms with Crippen LogP contribution in [0, 0.1) is 12.8 Å². The van der Waals surface area contributed by atoms with Crippen molar-refractivity contribution in [1.29, 1.82) is 0 Å². The Hall–Kier alpha value is -3.12. The Balaban J connectivity index is 1.17. The predicted octanol–water partition coefficient (Wildman–Crippen LogP) is 7.27. The number of carbonyl (C=O) groups is 1. The Morgan fingerprint density at radius 1 is 1.12 bits per heavy atom. The summed E-state index contributed by atoms with van der Waals surface area (Å²) >= 11 is 6.20. The largest absolute Gasteiger partial charge is 0.480 e. The number of fused-ring (bicyclic) bond motifs is 3. The average Bonchev–Trinajstić information content (AvgIpc) is 3.45. The van der Waals surface area contributed by atoms with Gasteiger partial charge in [-0.2, -0.15) is 4.98 Å². The van der Waals surface area contributed by atoms with E-state index in [1.54, 1.807) is 12.1 Å². The molecule has 3 aliphatic rings. The smallest absolute Gasteiger partial charge is 0.329 e. The van der Waals surface area contributed by atoms with Crippen LogP contribution in [-0.2, 0) is 23.1 Å². The zero-order valence-corrected chi connectivity index (χ0v) is 24.1. The van der Waals surface area contributed by atoms with Crippen molar-refractivity contribution >= 4 is 23.3 Å². The molecule has 7 heteroatoms. The quantitative estimate of drug-likeness (QED) is 0.282. The highest BCUT2D eigenvalue weighted by atomic mass is 35.5. The van der Waals surface area contributed by atoms with Crippen LogP contribution in [0.1, 0.15) is 86.0 Å². The fraction of sp³-hybridized carbons (Fsp3) is 0.485. The topological polar surface area (TPSA) is 84.3 Å². The van der Waals surface area contributed by atoms with Crippen molar-refractivity contribution in [3.05, 3.63) is 81.8 Å². The van der Waals surface area contributed by atoms with E-state index in [1.165, 1.54) is 16.7 Å². The fourth-order valence-electron chi connectivity index (χ4n) is 7.68. The van der Waals surface area contributed by atoms with E-state index in [0.29, 0.717) is 36.3 Å². The third kappa shape index (κ3) is 4.85. The molecule has 1 heterocycles. The van der Waals surface area contributed by atoms with E-state index in [9.17, 15) is 9.90 Å². The standard InChI is InChI=1S/C33H38ClN3O3/c1-21-12-13-28-29(21)30(36-22(2)35-28)40-18-6-8-24-19-23-7-3-4-11-27(23)32(24)14-16-33(17-15-32,31(38)39)37-26-10-5-9-25(34)20-26/h3-5,7,9-11,20-21,24,37H,6,8,12-19H2,1-2H3,(H,38,39). The average molecular weight is 560 g/mol. The Morgan fingerprint density at radius 2 is 1.93 bits per heavy atom. The van der Waals surface area contributed by atoms with Crippen LogP contribution >= 0.6 is 11.6 Å². The van der Waals surface area contributed by atoms with Crippen LogP contribution < -0.4 is 10.1 Å². The van der Waals surface area contributed by atoms with E-state index in [1.807, 2.05) is 19.1 Å². The minimum atomic E-state index is -0.997. The van der Waals surface area contributed by atoms with Crippen LogP contribution in [0.4, 0.5) is 5.69 Å². The second kappa shape index (κ2) is 10.7. The summed E-state index contributed by atoms with van der Waals surface area (Å²) in [5.41, 5.74) is 4.93. The van der Waals surface area contributed by atoms with Crippen molar-refractivity contribution < 1.29 is 14.6 Å². The molecule has 1 saturated carbocycles. The molecule has 2 atom stereocenters. The van der Waals surface area contributed by atoms with Crippen molar-refractivity contribution in [2.24, 2.45) is 5.92 Å². The summed E-state index contributed by atoms with van der Waals surface area (Å²) in [6.45, 7) is 4.81. The van der Waals surface area contributed by atoms with Crippen LogP contribution in [0.15, 0.2) is 48.5 Å². The van der Waals surface area contributed by atoms with E-state index in [-0.39, 0.29) is 5.41 Å². The van der Waals surface area contributed by atoms with Crippen molar-refractivity contribution in [2.75, 3.05) is 11.9 Å². The van der Waals surface area contributed by atoms with Gasteiger partial charge in [0.2, 0.25) is 5.88 Å². The molecule has 0 aliphatic heterocycles. The lowest BCUT2D eigenvalue weighted by Crippen LogP contribution is -2.53. The molecular weight excluding hydrogens is 522 g/mol. The second-order valence-electron chi connectivity index (χ2n) is 12.1. The molecule has 3 aliphatic carbocycles. The van der Waals surface area contributed by atoms with Gasteiger partial charge < -0.3 is 15.2 Å². The first-order chi connectivity index (χ1) is 19.3. The summed E-state index contributed by atoms with van der Waals surface area (Å²) in [6.07, 6.45) is 7.95. The van der Waals surface area contributed by atoms with Gasteiger partial charge in [0.1, 0.15) is 11.4 Å². The van der Waals surface area contributed by atoms with Gasteiger partial charge in [0.25, 0.3) is 0 Å². The van der Waals surface area contributed by atoms with Crippen LogP contribution in [0.5, 0.6) is 5.88 Å². The molecule has 0 radical (unpaired) electrons. The lowest BCUT2D eigenvalue weighted by Gasteiger charge is -2.47. The molecule has 40 heavy (non-hydrogen) atoms. The SMILES string of the molecule is Cc1nc2c(c(OCCCC3Cc4ccccc4C34CCC(Nc3cccc(Cl)c3)(C(=O)O)CC4)n1)C(C)CC2. The zero-order valence-electron chi connectivity index (χ0n) is 23.4. The lowest BCUT2D eigenvalue weighted by atomic mass is 9.60. The van der Waals surface area contributed by atoms with Gasteiger partial charge in [-0.3, -0.25) is 0 Å². The highest BCUT2D eigenvalue weighted by Gasteiger charge is 2.53. The Kier molecular flexibility index (Phi) is 7.24. The van der Waals surface area contributed by atoms with Gasteiger partial charge in [-0.15, -0.1) is 0 Å². The highest BCUT2D eigenvalue weighted by molar-refractivity contribution is 6.30. The Morgan fingerprint density at radius 3 is 2.70 bits per heavy atom. The maximum absolute atomic E-state index is 12.6. The number of carboxylic acid groups (broad SMARTS) is 1.